The molecule has 0 atom stereocenters. The molecule has 0 N–H and O–H groups in total. The maximum atomic E-state index is 13.1. The molecule has 1 aliphatic rings. The van der Waals surface area contributed by atoms with Crippen LogP contribution in [0.2, 0.25) is 0 Å². The second-order valence-electron chi connectivity index (χ2n) is 7.71. The molecule has 170 valence electrons. The van der Waals surface area contributed by atoms with E-state index in [1.165, 1.54) is 27.3 Å². The van der Waals surface area contributed by atoms with E-state index in [0.29, 0.717) is 11.5 Å². The van der Waals surface area contributed by atoms with Gasteiger partial charge in [-0.3, -0.25) is 0 Å². The molecule has 1 aromatic heterocycles. The number of sulfonamides is 1. The minimum Gasteiger partial charge on any atom is -0.457 e. The third-order valence-corrected chi connectivity index (χ3v) is 9.69. The van der Waals surface area contributed by atoms with E-state index in [1.54, 1.807) is 19.2 Å². The number of piperidine rings is 1. The molecule has 1 aliphatic heterocycles. The third-order valence-electron chi connectivity index (χ3n) is 5.55. The van der Waals surface area contributed by atoms with Crippen molar-refractivity contribution in [1.29, 1.82) is 0 Å². The van der Waals surface area contributed by atoms with Crippen LogP contribution in [0.4, 0.5) is 0 Å². The standard InChI is InChI=1S/C21H24N4O5S2/c1-16-5-3-4-6-20(16)30-17-7-9-19(10-8-17)32(28,29)25-13-11-18(12-14-25)31(26,27)21-23-22-15-24(21)2/h3-10,15,18H,11-14H2,1-2H3. The van der Waals surface area contributed by atoms with Gasteiger partial charge in [-0.15, -0.1) is 10.2 Å². The van der Waals surface area contributed by atoms with E-state index < -0.39 is 25.1 Å². The van der Waals surface area contributed by atoms with E-state index in [1.807, 2.05) is 31.2 Å². The van der Waals surface area contributed by atoms with E-state index in [-0.39, 0.29) is 36.0 Å². The summed E-state index contributed by atoms with van der Waals surface area (Å²) in [6, 6.07) is 13.8. The Hall–Kier alpha value is -2.76. The van der Waals surface area contributed by atoms with Crippen LogP contribution in [-0.4, -0.2) is 54.2 Å². The lowest BCUT2D eigenvalue weighted by molar-refractivity contribution is 0.344. The van der Waals surface area contributed by atoms with E-state index in [2.05, 4.69) is 10.2 Å². The van der Waals surface area contributed by atoms with Gasteiger partial charge in [-0.1, -0.05) is 18.2 Å². The highest BCUT2D eigenvalue weighted by Crippen LogP contribution is 2.29. The van der Waals surface area contributed by atoms with Gasteiger partial charge >= 0.3 is 0 Å². The van der Waals surface area contributed by atoms with Crippen molar-refractivity contribution >= 4 is 19.9 Å². The Morgan fingerprint density at radius 2 is 1.62 bits per heavy atom. The summed E-state index contributed by atoms with van der Waals surface area (Å²) < 4.78 is 60.2. The Morgan fingerprint density at radius 1 is 0.969 bits per heavy atom. The highest BCUT2D eigenvalue weighted by Gasteiger charge is 2.37. The van der Waals surface area contributed by atoms with Crippen LogP contribution in [0.1, 0.15) is 18.4 Å². The van der Waals surface area contributed by atoms with Gasteiger partial charge in [0.05, 0.1) is 10.1 Å². The number of hydrogen-bond donors (Lipinski definition) is 0. The molecule has 1 fully saturated rings. The SMILES string of the molecule is Cc1ccccc1Oc1ccc(S(=O)(=O)N2CCC(S(=O)(=O)c3nncn3C)CC2)cc1. The quantitative estimate of drug-likeness (QED) is 0.537. The van der Waals surface area contributed by atoms with Crippen LogP contribution in [0.3, 0.4) is 0 Å². The number of aromatic nitrogens is 3. The topological polar surface area (TPSA) is 111 Å². The van der Waals surface area contributed by atoms with Gasteiger partial charge in [-0.05, 0) is 55.7 Å². The highest BCUT2D eigenvalue weighted by atomic mass is 32.2. The molecular weight excluding hydrogens is 452 g/mol. The third kappa shape index (κ3) is 4.27. The number of para-hydroxylation sites is 1. The molecule has 0 aliphatic carbocycles. The van der Waals surface area contributed by atoms with Crippen molar-refractivity contribution in [2.75, 3.05) is 13.1 Å². The Labute approximate surface area is 187 Å². The predicted octanol–water partition coefficient (Wildman–Crippen LogP) is 2.54. The Balaban J connectivity index is 1.44. The molecule has 0 saturated carbocycles. The molecule has 0 bridgehead atoms. The fourth-order valence-electron chi connectivity index (χ4n) is 3.69. The van der Waals surface area contributed by atoms with Crippen LogP contribution in [-0.2, 0) is 26.9 Å². The van der Waals surface area contributed by atoms with Crippen molar-refractivity contribution in [3.05, 3.63) is 60.4 Å². The minimum absolute atomic E-state index is 0.0944. The molecule has 3 aromatic rings. The lowest BCUT2D eigenvalue weighted by atomic mass is 10.2. The van der Waals surface area contributed by atoms with E-state index in [0.717, 1.165) is 5.56 Å². The Kier molecular flexibility index (Phi) is 6.06. The summed E-state index contributed by atoms with van der Waals surface area (Å²) in [4.78, 5) is 0.143. The van der Waals surface area contributed by atoms with Crippen LogP contribution in [0.15, 0.2) is 64.9 Å². The van der Waals surface area contributed by atoms with Crippen molar-refractivity contribution in [3.8, 4) is 11.5 Å². The molecule has 0 radical (unpaired) electrons. The first-order valence-corrected chi connectivity index (χ1v) is 13.1. The van der Waals surface area contributed by atoms with Crippen molar-refractivity contribution in [3.63, 3.8) is 0 Å². The minimum atomic E-state index is -3.74. The number of sulfone groups is 1. The van der Waals surface area contributed by atoms with Gasteiger partial charge in [0.15, 0.2) is 0 Å². The molecule has 0 spiro atoms. The zero-order valence-electron chi connectivity index (χ0n) is 17.7. The van der Waals surface area contributed by atoms with E-state index in [4.69, 9.17) is 4.74 Å². The molecule has 2 heterocycles. The molecule has 0 amide bonds. The monoisotopic (exact) mass is 476 g/mol. The van der Waals surface area contributed by atoms with Crippen molar-refractivity contribution in [1.82, 2.24) is 19.1 Å². The predicted molar refractivity (Wildman–Crippen MR) is 118 cm³/mol. The molecule has 1 saturated heterocycles. The number of benzene rings is 2. The van der Waals surface area contributed by atoms with Crippen LogP contribution in [0, 0.1) is 6.92 Å². The number of ether oxygens (including phenoxy) is 1. The highest BCUT2D eigenvalue weighted by molar-refractivity contribution is 7.92. The Bertz CT molecular complexity index is 1310. The average molecular weight is 477 g/mol. The summed E-state index contributed by atoms with van der Waals surface area (Å²) in [5.74, 6) is 1.24. The Morgan fingerprint density at radius 3 is 2.22 bits per heavy atom. The molecule has 9 nitrogen and oxygen atoms in total. The van der Waals surface area contributed by atoms with Crippen LogP contribution < -0.4 is 4.74 Å². The van der Waals surface area contributed by atoms with Gasteiger partial charge in [0.2, 0.25) is 25.0 Å². The van der Waals surface area contributed by atoms with Crippen molar-refractivity contribution in [2.24, 2.45) is 7.05 Å². The van der Waals surface area contributed by atoms with Gasteiger partial charge in [0.1, 0.15) is 17.8 Å². The number of aryl methyl sites for hydroxylation is 2. The zero-order valence-corrected chi connectivity index (χ0v) is 19.4. The second kappa shape index (κ2) is 8.64. The van der Waals surface area contributed by atoms with E-state index >= 15 is 0 Å². The average Bonchev–Trinajstić information content (AvgIpc) is 3.23. The fraction of sp³-hybridized carbons (Fsp3) is 0.333. The maximum absolute atomic E-state index is 13.1. The summed E-state index contributed by atoms with van der Waals surface area (Å²) in [6.07, 6.45) is 1.73. The van der Waals surface area contributed by atoms with Gasteiger partial charge in [-0.2, -0.15) is 4.31 Å². The summed E-state index contributed by atoms with van der Waals surface area (Å²) in [5.41, 5.74) is 0.975. The van der Waals surface area contributed by atoms with Crippen LogP contribution in [0.5, 0.6) is 11.5 Å². The molecule has 4 rings (SSSR count). The molecule has 32 heavy (non-hydrogen) atoms. The number of nitrogens with zero attached hydrogens (tertiary/aromatic N) is 4. The lowest BCUT2D eigenvalue weighted by Gasteiger charge is -2.30. The molecule has 2 aromatic carbocycles. The number of rotatable bonds is 6. The first-order chi connectivity index (χ1) is 15.2. The van der Waals surface area contributed by atoms with Gasteiger partial charge in [0.25, 0.3) is 0 Å². The summed E-state index contributed by atoms with van der Waals surface area (Å²) in [5, 5.41) is 6.55. The largest absolute Gasteiger partial charge is 0.457 e. The van der Waals surface area contributed by atoms with Crippen LogP contribution in [0.25, 0.3) is 0 Å². The van der Waals surface area contributed by atoms with Gasteiger partial charge in [0, 0.05) is 20.1 Å². The zero-order chi connectivity index (χ0) is 22.9. The first-order valence-electron chi connectivity index (χ1n) is 10.1. The number of hydrogen-bond acceptors (Lipinski definition) is 7. The smallest absolute Gasteiger partial charge is 0.249 e. The maximum Gasteiger partial charge on any atom is 0.249 e. The second-order valence-corrected chi connectivity index (χ2v) is 11.8. The summed E-state index contributed by atoms with van der Waals surface area (Å²) >= 11 is 0. The van der Waals surface area contributed by atoms with E-state index in [9.17, 15) is 16.8 Å². The first kappa shape index (κ1) is 22.4. The fourth-order valence-corrected chi connectivity index (χ4v) is 6.90. The molecule has 0 unspecified atom stereocenters. The van der Waals surface area contributed by atoms with Crippen molar-refractivity contribution in [2.45, 2.75) is 35.1 Å². The van der Waals surface area contributed by atoms with Gasteiger partial charge < -0.3 is 9.30 Å². The summed E-state index contributed by atoms with van der Waals surface area (Å²) in [6.45, 7) is 2.17. The lowest BCUT2D eigenvalue weighted by Crippen LogP contribution is -2.42. The summed E-state index contributed by atoms with van der Waals surface area (Å²) in [7, 11) is -5.84. The molecular formula is C21H24N4O5S2. The normalized spacial score (nSPS) is 16.2. The van der Waals surface area contributed by atoms with Gasteiger partial charge in [-0.25, -0.2) is 16.8 Å². The van der Waals surface area contributed by atoms with Crippen molar-refractivity contribution < 1.29 is 21.6 Å². The van der Waals surface area contributed by atoms with Crippen LogP contribution >= 0.6 is 0 Å². The molecule has 11 heteroatoms.